The van der Waals surface area contributed by atoms with Crippen LogP contribution in [-0.2, 0) is 11.2 Å². The molecule has 11 heteroatoms. The number of nitrogens with one attached hydrogen (secondary N) is 2. The summed E-state index contributed by atoms with van der Waals surface area (Å²) >= 11 is 7.49. The number of benzene rings is 2. The summed E-state index contributed by atoms with van der Waals surface area (Å²) in [4.78, 5) is 43.2. The molecule has 182 valence electrons. The highest BCUT2D eigenvalue weighted by Gasteiger charge is 2.26. The van der Waals surface area contributed by atoms with Crippen molar-refractivity contribution in [3.63, 3.8) is 0 Å². The van der Waals surface area contributed by atoms with Gasteiger partial charge in [0.05, 0.1) is 11.4 Å². The molecule has 2 aromatic carbocycles. The van der Waals surface area contributed by atoms with Crippen molar-refractivity contribution in [3.05, 3.63) is 86.3 Å². The molecule has 0 spiro atoms. The monoisotopic (exact) mass is 518 g/mol. The van der Waals surface area contributed by atoms with Gasteiger partial charge in [-0.05, 0) is 36.6 Å². The van der Waals surface area contributed by atoms with Crippen LogP contribution in [0.25, 0.3) is 0 Å². The van der Waals surface area contributed by atoms with E-state index in [1.165, 1.54) is 11.3 Å². The third kappa shape index (κ3) is 6.20. The predicted octanol–water partition coefficient (Wildman–Crippen LogP) is 4.10. The number of nitrogens with zero attached hydrogens (tertiary/aromatic N) is 2. The lowest BCUT2D eigenvalue weighted by molar-refractivity contribution is -0.131. The number of carbonyl (C=O) groups excluding carboxylic acids is 3. The first kappa shape index (κ1) is 24.7. The minimum absolute atomic E-state index is 0.0182. The Hall–Kier alpha value is -3.37. The number of halogens is 3. The second kappa shape index (κ2) is 10.9. The molecular formula is C24H21ClF2N4O3S. The van der Waals surface area contributed by atoms with Crippen LogP contribution in [0.5, 0.6) is 0 Å². The van der Waals surface area contributed by atoms with Crippen molar-refractivity contribution >= 4 is 40.7 Å². The quantitative estimate of drug-likeness (QED) is 0.498. The molecule has 1 aliphatic rings. The van der Waals surface area contributed by atoms with Crippen molar-refractivity contribution in [2.45, 2.75) is 25.2 Å². The van der Waals surface area contributed by atoms with E-state index in [-0.39, 0.29) is 29.5 Å². The SMILES string of the molecule is O=C(NNC(=O)c1csc(C2CCN(C(=O)Cc3ccccc3Cl)CC2)n1)c1cc(F)cc(F)c1. The van der Waals surface area contributed by atoms with Crippen molar-refractivity contribution in [1.82, 2.24) is 20.7 Å². The van der Waals surface area contributed by atoms with Gasteiger partial charge in [-0.15, -0.1) is 11.3 Å². The fraction of sp³-hybridized carbons (Fsp3) is 0.250. The largest absolute Gasteiger partial charge is 0.342 e. The number of piperidine rings is 1. The van der Waals surface area contributed by atoms with Gasteiger partial charge in [-0.1, -0.05) is 29.8 Å². The zero-order chi connectivity index (χ0) is 24.9. The summed E-state index contributed by atoms with van der Waals surface area (Å²) in [5.74, 6) is -3.18. The van der Waals surface area contributed by atoms with Crippen LogP contribution >= 0.6 is 22.9 Å². The molecule has 2 N–H and O–H groups in total. The van der Waals surface area contributed by atoms with E-state index in [4.69, 9.17) is 11.6 Å². The lowest BCUT2D eigenvalue weighted by Crippen LogP contribution is -2.42. The van der Waals surface area contributed by atoms with Gasteiger partial charge in [0.15, 0.2) is 0 Å². The number of thiazole rings is 1. The molecule has 3 amide bonds. The summed E-state index contributed by atoms with van der Waals surface area (Å²) in [5, 5.41) is 2.92. The Morgan fingerprint density at radius 1 is 1.03 bits per heavy atom. The smallest absolute Gasteiger partial charge is 0.289 e. The Morgan fingerprint density at radius 2 is 1.69 bits per heavy atom. The molecule has 0 bridgehead atoms. The van der Waals surface area contributed by atoms with E-state index in [1.807, 2.05) is 23.1 Å². The predicted molar refractivity (Wildman–Crippen MR) is 127 cm³/mol. The van der Waals surface area contributed by atoms with Crippen LogP contribution in [0.3, 0.4) is 0 Å². The van der Waals surface area contributed by atoms with Gasteiger partial charge in [0.1, 0.15) is 17.3 Å². The van der Waals surface area contributed by atoms with Gasteiger partial charge in [0.2, 0.25) is 5.91 Å². The molecule has 0 radical (unpaired) electrons. The molecule has 1 fully saturated rings. The first-order chi connectivity index (χ1) is 16.8. The van der Waals surface area contributed by atoms with Gasteiger partial charge in [-0.3, -0.25) is 25.2 Å². The minimum Gasteiger partial charge on any atom is -0.342 e. The molecule has 1 saturated heterocycles. The maximum absolute atomic E-state index is 13.3. The van der Waals surface area contributed by atoms with Crippen molar-refractivity contribution < 1.29 is 23.2 Å². The molecule has 35 heavy (non-hydrogen) atoms. The minimum atomic E-state index is -0.901. The topological polar surface area (TPSA) is 91.4 Å². The number of hydrazine groups is 1. The van der Waals surface area contributed by atoms with Crippen LogP contribution in [0.4, 0.5) is 8.78 Å². The average molecular weight is 519 g/mol. The lowest BCUT2D eigenvalue weighted by Gasteiger charge is -2.31. The van der Waals surface area contributed by atoms with Crippen molar-refractivity contribution in [2.24, 2.45) is 0 Å². The number of rotatable bonds is 5. The highest BCUT2D eigenvalue weighted by Crippen LogP contribution is 2.30. The van der Waals surface area contributed by atoms with Gasteiger partial charge >= 0.3 is 0 Å². The number of hydrogen-bond donors (Lipinski definition) is 2. The number of carbonyl (C=O) groups is 3. The molecular weight excluding hydrogens is 498 g/mol. The first-order valence-corrected chi connectivity index (χ1v) is 12.1. The Morgan fingerprint density at radius 3 is 2.37 bits per heavy atom. The molecule has 1 aromatic heterocycles. The maximum Gasteiger partial charge on any atom is 0.289 e. The third-order valence-electron chi connectivity index (χ3n) is 5.67. The molecule has 0 atom stereocenters. The zero-order valence-corrected chi connectivity index (χ0v) is 20.0. The highest BCUT2D eigenvalue weighted by molar-refractivity contribution is 7.09. The second-order valence-corrected chi connectivity index (χ2v) is 9.36. The zero-order valence-electron chi connectivity index (χ0n) is 18.4. The van der Waals surface area contributed by atoms with Crippen LogP contribution in [-0.4, -0.2) is 40.7 Å². The maximum atomic E-state index is 13.3. The Balaban J connectivity index is 1.28. The number of likely N-dealkylation sites (tertiary alicyclic amines) is 1. The van der Waals surface area contributed by atoms with E-state index in [1.54, 1.807) is 11.4 Å². The number of aromatic nitrogens is 1. The highest BCUT2D eigenvalue weighted by atomic mass is 35.5. The van der Waals surface area contributed by atoms with Gasteiger partial charge in [0, 0.05) is 41.0 Å². The van der Waals surface area contributed by atoms with Crippen molar-refractivity contribution in [2.75, 3.05) is 13.1 Å². The van der Waals surface area contributed by atoms with Crippen LogP contribution in [0.15, 0.2) is 47.8 Å². The standard InChI is InChI=1S/C24H21ClF2N4O3S/c25-19-4-2-1-3-15(19)11-21(32)31-7-5-14(6-8-31)24-28-20(13-35-24)23(34)30-29-22(33)16-9-17(26)12-18(27)10-16/h1-4,9-10,12-14H,5-8,11H2,(H,29,33)(H,30,34). The molecule has 0 saturated carbocycles. The molecule has 0 unspecified atom stereocenters. The lowest BCUT2D eigenvalue weighted by atomic mass is 9.97. The summed E-state index contributed by atoms with van der Waals surface area (Å²) in [7, 11) is 0. The van der Waals surface area contributed by atoms with E-state index >= 15 is 0 Å². The van der Waals surface area contributed by atoms with E-state index in [2.05, 4.69) is 15.8 Å². The van der Waals surface area contributed by atoms with Gasteiger partial charge in [0.25, 0.3) is 11.8 Å². The molecule has 1 aliphatic heterocycles. The molecule has 2 heterocycles. The Bertz CT molecular complexity index is 1240. The summed E-state index contributed by atoms with van der Waals surface area (Å²) in [5.41, 5.74) is 4.97. The summed E-state index contributed by atoms with van der Waals surface area (Å²) in [6.07, 6.45) is 1.68. The van der Waals surface area contributed by atoms with E-state index in [0.717, 1.165) is 22.7 Å². The Kier molecular flexibility index (Phi) is 7.72. The van der Waals surface area contributed by atoms with Gasteiger partial charge in [-0.2, -0.15) is 0 Å². The van der Waals surface area contributed by atoms with Crippen LogP contribution in [0.1, 0.15) is 50.2 Å². The summed E-state index contributed by atoms with van der Waals surface area (Å²) < 4.78 is 26.5. The first-order valence-electron chi connectivity index (χ1n) is 10.8. The second-order valence-electron chi connectivity index (χ2n) is 8.06. The number of hydrogen-bond acceptors (Lipinski definition) is 5. The summed E-state index contributed by atoms with van der Waals surface area (Å²) in [6, 6.07) is 9.64. The normalized spacial score (nSPS) is 14.0. The molecule has 0 aliphatic carbocycles. The molecule has 7 nitrogen and oxygen atoms in total. The van der Waals surface area contributed by atoms with E-state index in [9.17, 15) is 23.2 Å². The van der Waals surface area contributed by atoms with Crippen molar-refractivity contribution in [3.8, 4) is 0 Å². The fourth-order valence-electron chi connectivity index (χ4n) is 3.81. The van der Waals surface area contributed by atoms with E-state index < -0.39 is 23.4 Å². The molecule has 3 aromatic rings. The van der Waals surface area contributed by atoms with Crippen molar-refractivity contribution in [1.29, 1.82) is 0 Å². The van der Waals surface area contributed by atoms with Crippen LogP contribution in [0, 0.1) is 11.6 Å². The van der Waals surface area contributed by atoms with Crippen LogP contribution in [0.2, 0.25) is 5.02 Å². The molecule has 4 rings (SSSR count). The van der Waals surface area contributed by atoms with Gasteiger partial charge in [-0.25, -0.2) is 13.8 Å². The third-order valence-corrected chi connectivity index (χ3v) is 7.04. The average Bonchev–Trinajstić information content (AvgIpc) is 3.34. The van der Waals surface area contributed by atoms with Crippen LogP contribution < -0.4 is 10.9 Å². The number of amides is 3. The Labute approximate surface area is 209 Å². The van der Waals surface area contributed by atoms with E-state index in [0.29, 0.717) is 37.0 Å². The summed E-state index contributed by atoms with van der Waals surface area (Å²) in [6.45, 7) is 1.16. The fourth-order valence-corrected chi connectivity index (χ4v) is 4.98. The van der Waals surface area contributed by atoms with Gasteiger partial charge < -0.3 is 4.90 Å².